The number of benzene rings is 1. The van der Waals surface area contributed by atoms with Gasteiger partial charge in [0.25, 0.3) is 0 Å². The Morgan fingerprint density at radius 1 is 1.17 bits per heavy atom. The van der Waals surface area contributed by atoms with Gasteiger partial charge >= 0.3 is 0 Å². The second-order valence-electron chi connectivity index (χ2n) is 9.69. The van der Waals surface area contributed by atoms with Crippen LogP contribution in [0.3, 0.4) is 0 Å². The molecule has 0 spiro atoms. The molecule has 1 atom stereocenters. The van der Waals surface area contributed by atoms with Gasteiger partial charge in [0.05, 0.1) is 5.75 Å². The maximum atomic E-state index is 12.6. The molecule has 154 valence electrons. The molecule has 2 aromatic rings. The third-order valence-electron chi connectivity index (χ3n) is 7.50. The first-order chi connectivity index (χ1) is 14.0. The number of amides is 1. The van der Waals surface area contributed by atoms with Gasteiger partial charge in [-0.3, -0.25) is 9.89 Å². The average Bonchev–Trinajstić information content (AvgIpc) is 3.15. The summed E-state index contributed by atoms with van der Waals surface area (Å²) in [6, 6.07) is 8.45. The second kappa shape index (κ2) is 7.46. The lowest BCUT2D eigenvalue weighted by atomic mass is 9.48. The predicted octanol–water partition coefficient (Wildman–Crippen LogP) is 4.59. The number of nitrogens with one attached hydrogen (secondary N) is 2. The molecule has 1 heterocycles. The van der Waals surface area contributed by atoms with Gasteiger partial charge in [0.2, 0.25) is 11.1 Å². The Morgan fingerprint density at radius 2 is 1.79 bits per heavy atom. The third kappa shape index (κ3) is 3.83. The zero-order chi connectivity index (χ0) is 20.0. The molecular weight excluding hydrogens is 380 g/mol. The predicted molar refractivity (Wildman–Crippen MR) is 115 cm³/mol. The number of hydrogen-bond donors (Lipinski definition) is 2. The molecule has 0 aliphatic heterocycles. The monoisotopic (exact) mass is 410 g/mol. The molecule has 0 radical (unpaired) electrons. The molecule has 4 saturated carbocycles. The van der Waals surface area contributed by atoms with E-state index in [4.69, 9.17) is 0 Å². The molecule has 4 fully saturated rings. The highest BCUT2D eigenvalue weighted by Crippen LogP contribution is 2.61. The van der Waals surface area contributed by atoms with E-state index in [1.807, 2.05) is 12.1 Å². The molecule has 2 N–H and O–H groups in total. The van der Waals surface area contributed by atoms with Crippen LogP contribution >= 0.6 is 11.8 Å². The standard InChI is InChI=1S/C23H30N4OS/c1-14-3-5-19(6-4-14)21-25-22(27-26-21)29-13-20(28)24-15(2)23-10-16-7-17(11-23)9-18(8-16)12-23/h3-6,15-18H,7-13H2,1-2H3,(H,24,28)(H,25,26,27)/t15-,16?,17?,18?,23?/m1/s1. The molecule has 4 aliphatic rings. The molecular formula is C23H30N4OS. The molecule has 6 rings (SSSR count). The van der Waals surface area contributed by atoms with Crippen molar-refractivity contribution < 1.29 is 4.79 Å². The van der Waals surface area contributed by atoms with Crippen molar-refractivity contribution in [3.63, 3.8) is 0 Å². The van der Waals surface area contributed by atoms with E-state index in [1.54, 1.807) is 0 Å². The van der Waals surface area contributed by atoms with Crippen LogP contribution in [-0.4, -0.2) is 32.9 Å². The quantitative estimate of drug-likeness (QED) is 0.683. The van der Waals surface area contributed by atoms with Gasteiger partial charge in [-0.1, -0.05) is 41.6 Å². The summed E-state index contributed by atoms with van der Waals surface area (Å²) in [4.78, 5) is 17.2. The van der Waals surface area contributed by atoms with Crippen LogP contribution in [0, 0.1) is 30.1 Å². The Hall–Kier alpha value is -1.82. The summed E-state index contributed by atoms with van der Waals surface area (Å²) in [7, 11) is 0. The third-order valence-corrected chi connectivity index (χ3v) is 8.35. The number of H-pyrrole nitrogens is 1. The highest BCUT2D eigenvalue weighted by molar-refractivity contribution is 7.99. The molecule has 1 aromatic heterocycles. The normalized spacial score (nSPS) is 31.0. The SMILES string of the molecule is Cc1ccc(-c2nc(SCC(=O)N[C@H](C)C34CC5CC(CC(C5)C3)C4)n[nH]2)cc1. The molecule has 1 amide bonds. The van der Waals surface area contributed by atoms with E-state index in [1.165, 1.54) is 55.9 Å². The fourth-order valence-corrected chi connectivity index (χ4v) is 7.04. The molecule has 29 heavy (non-hydrogen) atoms. The van der Waals surface area contributed by atoms with E-state index in [2.05, 4.69) is 46.5 Å². The van der Waals surface area contributed by atoms with Crippen LogP contribution in [0.4, 0.5) is 0 Å². The molecule has 4 aliphatic carbocycles. The van der Waals surface area contributed by atoms with Crippen LogP contribution in [0.25, 0.3) is 11.4 Å². The van der Waals surface area contributed by atoms with Crippen molar-refractivity contribution in [1.82, 2.24) is 20.5 Å². The van der Waals surface area contributed by atoms with Crippen LogP contribution in [0.1, 0.15) is 51.0 Å². The number of carbonyl (C=O) groups is 1. The van der Waals surface area contributed by atoms with Crippen molar-refractivity contribution in [3.8, 4) is 11.4 Å². The molecule has 4 bridgehead atoms. The summed E-state index contributed by atoms with van der Waals surface area (Å²) < 4.78 is 0. The smallest absolute Gasteiger partial charge is 0.230 e. The summed E-state index contributed by atoms with van der Waals surface area (Å²) in [5.74, 6) is 3.92. The van der Waals surface area contributed by atoms with Gasteiger partial charge in [0.1, 0.15) is 0 Å². The molecule has 1 aromatic carbocycles. The number of carbonyl (C=O) groups excluding carboxylic acids is 1. The van der Waals surface area contributed by atoms with Crippen molar-refractivity contribution >= 4 is 17.7 Å². The van der Waals surface area contributed by atoms with E-state index in [0.717, 1.165) is 29.1 Å². The van der Waals surface area contributed by atoms with Gasteiger partial charge in [-0.15, -0.1) is 5.10 Å². The largest absolute Gasteiger partial charge is 0.352 e. The highest BCUT2D eigenvalue weighted by atomic mass is 32.2. The van der Waals surface area contributed by atoms with Crippen LogP contribution in [0.5, 0.6) is 0 Å². The lowest BCUT2D eigenvalue weighted by Crippen LogP contribution is -2.56. The van der Waals surface area contributed by atoms with E-state index < -0.39 is 0 Å². The van der Waals surface area contributed by atoms with E-state index in [9.17, 15) is 4.79 Å². The number of hydrogen-bond acceptors (Lipinski definition) is 4. The number of thioether (sulfide) groups is 1. The molecule has 6 heteroatoms. The van der Waals surface area contributed by atoms with Crippen LogP contribution < -0.4 is 5.32 Å². The fourth-order valence-electron chi connectivity index (χ4n) is 6.43. The summed E-state index contributed by atoms with van der Waals surface area (Å²) in [5.41, 5.74) is 2.57. The number of rotatable bonds is 6. The Labute approximate surface area is 176 Å². The molecule has 0 saturated heterocycles. The Balaban J connectivity index is 1.16. The first kappa shape index (κ1) is 19.2. The summed E-state index contributed by atoms with van der Waals surface area (Å²) >= 11 is 1.40. The second-order valence-corrected chi connectivity index (χ2v) is 10.6. The maximum Gasteiger partial charge on any atom is 0.230 e. The van der Waals surface area contributed by atoms with Gasteiger partial charge in [-0.05, 0) is 75.5 Å². The fraction of sp³-hybridized carbons (Fsp3) is 0.609. The zero-order valence-corrected chi connectivity index (χ0v) is 18.1. The minimum Gasteiger partial charge on any atom is -0.352 e. The van der Waals surface area contributed by atoms with Gasteiger partial charge in [0.15, 0.2) is 5.82 Å². The summed E-state index contributed by atoms with van der Waals surface area (Å²) in [6.45, 7) is 4.30. The summed E-state index contributed by atoms with van der Waals surface area (Å²) in [5, 5.41) is 11.2. The maximum absolute atomic E-state index is 12.6. The first-order valence-corrected chi connectivity index (χ1v) is 11.9. The topological polar surface area (TPSA) is 70.7 Å². The van der Waals surface area contributed by atoms with Crippen molar-refractivity contribution in [2.75, 3.05) is 5.75 Å². The highest BCUT2D eigenvalue weighted by Gasteiger charge is 2.53. The van der Waals surface area contributed by atoms with E-state index in [-0.39, 0.29) is 11.9 Å². The van der Waals surface area contributed by atoms with Crippen molar-refractivity contribution in [2.24, 2.45) is 23.2 Å². The number of aromatic nitrogens is 3. The average molecular weight is 411 g/mol. The van der Waals surface area contributed by atoms with Crippen LogP contribution in [-0.2, 0) is 4.79 Å². The lowest BCUT2D eigenvalue weighted by molar-refractivity contribution is -0.123. The van der Waals surface area contributed by atoms with Gasteiger partial charge < -0.3 is 5.32 Å². The Kier molecular flexibility index (Phi) is 4.93. The van der Waals surface area contributed by atoms with Crippen molar-refractivity contribution in [3.05, 3.63) is 29.8 Å². The van der Waals surface area contributed by atoms with Gasteiger partial charge in [-0.25, -0.2) is 4.98 Å². The Morgan fingerprint density at radius 3 is 2.41 bits per heavy atom. The number of nitrogens with zero attached hydrogens (tertiary/aromatic N) is 2. The number of aromatic amines is 1. The lowest BCUT2D eigenvalue weighted by Gasteiger charge is -2.59. The van der Waals surface area contributed by atoms with Gasteiger partial charge in [-0.2, -0.15) is 0 Å². The first-order valence-electron chi connectivity index (χ1n) is 10.9. The molecule has 0 unspecified atom stereocenters. The number of aryl methyl sites for hydroxylation is 1. The van der Waals surface area contributed by atoms with Crippen LogP contribution in [0.2, 0.25) is 0 Å². The Bertz CT molecular complexity index is 855. The minimum absolute atomic E-state index is 0.0972. The van der Waals surface area contributed by atoms with Crippen molar-refractivity contribution in [2.45, 2.75) is 63.6 Å². The van der Waals surface area contributed by atoms with E-state index >= 15 is 0 Å². The zero-order valence-electron chi connectivity index (χ0n) is 17.3. The molecule has 5 nitrogen and oxygen atoms in total. The van der Waals surface area contributed by atoms with E-state index in [0.29, 0.717) is 16.3 Å². The minimum atomic E-state index is 0.0972. The van der Waals surface area contributed by atoms with Crippen LogP contribution in [0.15, 0.2) is 29.4 Å². The van der Waals surface area contributed by atoms with Gasteiger partial charge in [0, 0.05) is 11.6 Å². The summed E-state index contributed by atoms with van der Waals surface area (Å²) in [6.07, 6.45) is 8.25. The van der Waals surface area contributed by atoms with Crippen molar-refractivity contribution in [1.29, 1.82) is 0 Å².